The molecule has 0 fully saturated rings. The molecule has 0 bridgehead atoms. The first-order valence-corrected chi connectivity index (χ1v) is 7.41. The summed E-state index contributed by atoms with van der Waals surface area (Å²) in [4.78, 5) is 1.13. The van der Waals surface area contributed by atoms with E-state index in [1.807, 2.05) is 31.2 Å². The van der Waals surface area contributed by atoms with Crippen LogP contribution in [0.15, 0.2) is 47.4 Å². The summed E-state index contributed by atoms with van der Waals surface area (Å²) in [5.74, 6) is -0.441. The summed E-state index contributed by atoms with van der Waals surface area (Å²) in [6, 6.07) is 11.6. The highest BCUT2D eigenvalue weighted by Crippen LogP contribution is 2.29. The summed E-state index contributed by atoms with van der Waals surface area (Å²) < 4.78 is 27.6. The topological polar surface area (TPSA) is 12.0 Å². The van der Waals surface area contributed by atoms with Gasteiger partial charge in [0.25, 0.3) is 0 Å². The molecule has 0 saturated carbocycles. The Balaban J connectivity index is 2.16. The van der Waals surface area contributed by atoms with Gasteiger partial charge in [-0.15, -0.1) is 11.8 Å². The Morgan fingerprint density at radius 3 is 2.30 bits per heavy atom. The third-order valence-corrected chi connectivity index (χ3v) is 4.46. The van der Waals surface area contributed by atoms with Crippen molar-refractivity contribution < 1.29 is 8.78 Å². The van der Waals surface area contributed by atoms with Gasteiger partial charge in [-0.1, -0.05) is 24.3 Å². The smallest absolute Gasteiger partial charge is 0.130 e. The second-order valence-corrected chi connectivity index (χ2v) is 5.61. The van der Waals surface area contributed by atoms with E-state index in [4.69, 9.17) is 0 Å². The van der Waals surface area contributed by atoms with Crippen molar-refractivity contribution in [1.29, 1.82) is 0 Å². The zero-order valence-corrected chi connectivity index (χ0v) is 12.3. The van der Waals surface area contributed by atoms with Crippen LogP contribution in [-0.2, 0) is 0 Å². The number of benzene rings is 2. The standard InChI is InChI=1S/C16H17F2NS/c1-11-6-3-4-9-15(11)20-10-14(19-2)16-12(17)7-5-8-13(16)18/h3-9,14,19H,10H2,1-2H3. The molecule has 4 heteroatoms. The van der Waals surface area contributed by atoms with Gasteiger partial charge in [-0.2, -0.15) is 0 Å². The Bertz CT molecular complexity index is 566. The predicted octanol–water partition coefficient (Wildman–Crippen LogP) is 4.33. The van der Waals surface area contributed by atoms with E-state index in [2.05, 4.69) is 5.32 Å². The SMILES string of the molecule is CNC(CSc1ccccc1C)c1c(F)cccc1F. The minimum atomic E-state index is -0.505. The first-order chi connectivity index (χ1) is 9.63. The minimum Gasteiger partial charge on any atom is -0.312 e. The molecule has 0 aliphatic heterocycles. The van der Waals surface area contributed by atoms with Crippen molar-refractivity contribution in [2.24, 2.45) is 0 Å². The lowest BCUT2D eigenvalue weighted by molar-refractivity contribution is 0.513. The summed E-state index contributed by atoms with van der Waals surface area (Å²) in [6.07, 6.45) is 0. The van der Waals surface area contributed by atoms with Crippen molar-refractivity contribution in [2.45, 2.75) is 17.9 Å². The van der Waals surface area contributed by atoms with Crippen LogP contribution < -0.4 is 5.32 Å². The van der Waals surface area contributed by atoms with E-state index in [9.17, 15) is 8.78 Å². The lowest BCUT2D eigenvalue weighted by atomic mass is 10.1. The van der Waals surface area contributed by atoms with E-state index in [1.54, 1.807) is 18.8 Å². The van der Waals surface area contributed by atoms with Gasteiger partial charge >= 0.3 is 0 Å². The molecule has 1 unspecified atom stereocenters. The van der Waals surface area contributed by atoms with Gasteiger partial charge in [-0.05, 0) is 37.7 Å². The molecule has 106 valence electrons. The molecule has 2 aromatic carbocycles. The largest absolute Gasteiger partial charge is 0.312 e. The molecule has 1 N–H and O–H groups in total. The van der Waals surface area contributed by atoms with Crippen molar-refractivity contribution >= 4 is 11.8 Å². The molecule has 0 saturated heterocycles. The molecule has 0 aromatic heterocycles. The third-order valence-electron chi connectivity index (χ3n) is 3.20. The summed E-state index contributed by atoms with van der Waals surface area (Å²) in [7, 11) is 1.72. The first-order valence-electron chi connectivity index (χ1n) is 6.43. The van der Waals surface area contributed by atoms with Crippen LogP contribution in [0.3, 0.4) is 0 Å². The number of halogens is 2. The fraction of sp³-hybridized carbons (Fsp3) is 0.250. The summed E-state index contributed by atoms with van der Waals surface area (Å²) in [6.45, 7) is 2.03. The third kappa shape index (κ3) is 3.38. The van der Waals surface area contributed by atoms with E-state index >= 15 is 0 Å². The Morgan fingerprint density at radius 2 is 1.70 bits per heavy atom. The summed E-state index contributed by atoms with van der Waals surface area (Å²) >= 11 is 1.60. The number of hydrogen-bond acceptors (Lipinski definition) is 2. The molecule has 0 aliphatic rings. The van der Waals surface area contributed by atoms with Gasteiger partial charge in [0, 0.05) is 22.3 Å². The Morgan fingerprint density at radius 1 is 1.05 bits per heavy atom. The first kappa shape index (κ1) is 15.0. The van der Waals surface area contributed by atoms with Gasteiger partial charge in [-0.3, -0.25) is 0 Å². The Labute approximate surface area is 122 Å². The van der Waals surface area contributed by atoms with Gasteiger partial charge in [0.15, 0.2) is 0 Å². The number of hydrogen-bond donors (Lipinski definition) is 1. The van der Waals surface area contributed by atoms with Crippen molar-refractivity contribution in [3.63, 3.8) is 0 Å². The maximum atomic E-state index is 13.8. The molecule has 20 heavy (non-hydrogen) atoms. The zero-order chi connectivity index (χ0) is 14.5. The number of rotatable bonds is 5. The van der Waals surface area contributed by atoms with E-state index in [0.717, 1.165) is 4.90 Å². The van der Waals surface area contributed by atoms with Crippen molar-refractivity contribution in [3.05, 3.63) is 65.2 Å². The number of aryl methyl sites for hydroxylation is 1. The molecule has 0 radical (unpaired) electrons. The second kappa shape index (κ2) is 6.86. The van der Waals surface area contributed by atoms with Gasteiger partial charge < -0.3 is 5.32 Å². The fourth-order valence-electron chi connectivity index (χ4n) is 2.05. The van der Waals surface area contributed by atoms with Crippen molar-refractivity contribution in [1.82, 2.24) is 5.32 Å². The van der Waals surface area contributed by atoms with Crippen LogP contribution in [0, 0.1) is 18.6 Å². The fourth-order valence-corrected chi connectivity index (χ4v) is 3.20. The highest BCUT2D eigenvalue weighted by Gasteiger charge is 2.18. The van der Waals surface area contributed by atoms with Crippen LogP contribution in [0.5, 0.6) is 0 Å². The highest BCUT2D eigenvalue weighted by molar-refractivity contribution is 7.99. The molecule has 2 rings (SSSR count). The number of nitrogens with one attached hydrogen (secondary N) is 1. The molecule has 0 amide bonds. The predicted molar refractivity (Wildman–Crippen MR) is 80.1 cm³/mol. The molecular weight excluding hydrogens is 276 g/mol. The van der Waals surface area contributed by atoms with Crippen LogP contribution in [0.25, 0.3) is 0 Å². The Hall–Kier alpha value is -1.39. The van der Waals surface area contributed by atoms with Gasteiger partial charge in [-0.25, -0.2) is 8.78 Å². The molecule has 2 aromatic rings. The van der Waals surface area contributed by atoms with Crippen LogP contribution in [0.1, 0.15) is 17.2 Å². The lowest BCUT2D eigenvalue weighted by Gasteiger charge is -2.18. The maximum absolute atomic E-state index is 13.8. The number of thioether (sulfide) groups is 1. The molecule has 1 atom stereocenters. The highest BCUT2D eigenvalue weighted by atomic mass is 32.2. The quantitative estimate of drug-likeness (QED) is 0.824. The zero-order valence-electron chi connectivity index (χ0n) is 11.5. The van der Waals surface area contributed by atoms with Gasteiger partial charge in [0.1, 0.15) is 11.6 Å². The average molecular weight is 293 g/mol. The normalized spacial score (nSPS) is 12.4. The van der Waals surface area contributed by atoms with E-state index < -0.39 is 11.6 Å². The average Bonchev–Trinajstić information content (AvgIpc) is 2.43. The Kier molecular flexibility index (Phi) is 5.15. The summed E-state index contributed by atoms with van der Waals surface area (Å²) in [5.41, 5.74) is 1.28. The van der Waals surface area contributed by atoms with Gasteiger partial charge in [0.05, 0.1) is 0 Å². The molecule has 0 heterocycles. The van der Waals surface area contributed by atoms with Crippen LogP contribution >= 0.6 is 11.8 Å². The van der Waals surface area contributed by atoms with Crippen LogP contribution in [0.4, 0.5) is 8.78 Å². The molecular formula is C16H17F2NS. The van der Waals surface area contributed by atoms with E-state index in [1.165, 1.54) is 23.8 Å². The van der Waals surface area contributed by atoms with Gasteiger partial charge in [0.2, 0.25) is 0 Å². The van der Waals surface area contributed by atoms with Crippen molar-refractivity contribution in [3.8, 4) is 0 Å². The van der Waals surface area contributed by atoms with Crippen LogP contribution in [0.2, 0.25) is 0 Å². The minimum absolute atomic E-state index is 0.107. The molecule has 0 aliphatic carbocycles. The van der Waals surface area contributed by atoms with E-state index in [0.29, 0.717) is 5.75 Å². The van der Waals surface area contributed by atoms with E-state index in [-0.39, 0.29) is 11.6 Å². The molecule has 0 spiro atoms. The van der Waals surface area contributed by atoms with Crippen molar-refractivity contribution in [2.75, 3.05) is 12.8 Å². The van der Waals surface area contributed by atoms with Crippen LogP contribution in [-0.4, -0.2) is 12.8 Å². The lowest BCUT2D eigenvalue weighted by Crippen LogP contribution is -2.21. The monoisotopic (exact) mass is 293 g/mol. The maximum Gasteiger partial charge on any atom is 0.130 e. The molecule has 1 nitrogen and oxygen atoms in total. The second-order valence-electron chi connectivity index (χ2n) is 4.55. The summed E-state index contributed by atoms with van der Waals surface area (Å²) in [5, 5.41) is 2.99.